The smallest absolute Gasteiger partial charge is 0.244 e. The Labute approximate surface area is 228 Å². The maximum Gasteiger partial charge on any atom is 0.244 e. The fourth-order valence-corrected chi connectivity index (χ4v) is 5.81. The van der Waals surface area contributed by atoms with Crippen LogP contribution in [0.1, 0.15) is 51.0 Å². The zero-order chi connectivity index (χ0) is 27.2. The van der Waals surface area contributed by atoms with Gasteiger partial charge in [-0.15, -0.1) is 0 Å². The third kappa shape index (κ3) is 8.06. The molecule has 0 saturated heterocycles. The first-order chi connectivity index (χ1) is 17.5. The molecular weight excluding hydrogens is 540 g/mol. The molecule has 2 aromatic rings. The van der Waals surface area contributed by atoms with Crippen LogP contribution in [0.25, 0.3) is 0 Å². The summed E-state index contributed by atoms with van der Waals surface area (Å²) in [6.07, 6.45) is 6.23. The molecule has 202 valence electrons. The molecule has 37 heavy (non-hydrogen) atoms. The Hall–Kier alpha value is -2.36. The molecule has 0 bridgehead atoms. The summed E-state index contributed by atoms with van der Waals surface area (Å²) in [6, 6.07) is 9.13. The number of nitrogens with one attached hydrogen (secondary N) is 1. The van der Waals surface area contributed by atoms with Crippen molar-refractivity contribution in [3.8, 4) is 0 Å². The molecule has 1 saturated carbocycles. The van der Waals surface area contributed by atoms with Gasteiger partial charge in [0.25, 0.3) is 0 Å². The SMILES string of the molecule is CC[C@H](C(=O)NC1CCCCC1)N(Cc1ccc(F)cc1)C(=O)CN(c1cc(Cl)ccc1Cl)S(C)(=O)=O. The fourth-order valence-electron chi connectivity index (χ4n) is 4.52. The molecule has 0 aromatic heterocycles. The molecule has 2 aromatic carbocycles. The second-order valence-corrected chi connectivity index (χ2v) is 12.0. The standard InChI is InChI=1S/C26H32Cl2FN3O4S/c1-3-23(26(34)30-21-7-5-4-6-8-21)31(16-18-9-12-20(29)13-10-18)25(33)17-32(37(2,35)36)24-15-19(27)11-14-22(24)28/h9-15,21,23H,3-8,16-17H2,1-2H3,(H,30,34)/t23-/m1/s1. The number of carbonyl (C=O) groups is 2. The lowest BCUT2D eigenvalue weighted by Crippen LogP contribution is -2.54. The second kappa shape index (κ2) is 12.9. The van der Waals surface area contributed by atoms with Crippen molar-refractivity contribution in [3.05, 3.63) is 63.9 Å². The Morgan fingerprint density at radius 2 is 1.73 bits per heavy atom. The third-order valence-corrected chi connectivity index (χ3v) is 8.14. The van der Waals surface area contributed by atoms with Gasteiger partial charge in [-0.1, -0.05) is 61.5 Å². The molecule has 1 atom stereocenters. The number of anilines is 1. The summed E-state index contributed by atoms with van der Waals surface area (Å²) in [7, 11) is -3.95. The minimum absolute atomic E-state index is 0.00339. The van der Waals surface area contributed by atoms with Crippen LogP contribution in [0.3, 0.4) is 0 Å². The maximum atomic E-state index is 13.7. The largest absolute Gasteiger partial charge is 0.352 e. The van der Waals surface area contributed by atoms with E-state index in [9.17, 15) is 22.4 Å². The number of amides is 2. The maximum absolute atomic E-state index is 13.7. The van der Waals surface area contributed by atoms with Crippen LogP contribution in [0.5, 0.6) is 0 Å². The van der Waals surface area contributed by atoms with Gasteiger partial charge in [0.05, 0.1) is 17.0 Å². The van der Waals surface area contributed by atoms with E-state index in [1.165, 1.54) is 47.4 Å². The number of halogens is 3. The predicted molar refractivity (Wildman–Crippen MR) is 145 cm³/mol. The molecule has 7 nitrogen and oxygen atoms in total. The number of hydrogen-bond acceptors (Lipinski definition) is 4. The van der Waals surface area contributed by atoms with Crippen LogP contribution < -0.4 is 9.62 Å². The topological polar surface area (TPSA) is 86.8 Å². The van der Waals surface area contributed by atoms with Crippen LogP contribution in [0.4, 0.5) is 10.1 Å². The highest BCUT2D eigenvalue weighted by atomic mass is 35.5. The van der Waals surface area contributed by atoms with E-state index in [2.05, 4.69) is 5.32 Å². The molecule has 3 rings (SSSR count). The molecule has 0 heterocycles. The second-order valence-electron chi connectivity index (χ2n) is 9.28. The lowest BCUT2D eigenvalue weighted by molar-refractivity contribution is -0.140. The number of nitrogens with zero attached hydrogens (tertiary/aromatic N) is 2. The zero-order valence-electron chi connectivity index (χ0n) is 20.9. The quantitative estimate of drug-likeness (QED) is 0.427. The summed E-state index contributed by atoms with van der Waals surface area (Å²) in [5.74, 6) is -1.32. The molecular formula is C26H32Cl2FN3O4S. The average molecular weight is 573 g/mol. The van der Waals surface area contributed by atoms with E-state index in [-0.39, 0.29) is 34.2 Å². The number of benzene rings is 2. The van der Waals surface area contributed by atoms with Crippen LogP contribution >= 0.6 is 23.2 Å². The van der Waals surface area contributed by atoms with Gasteiger partial charge in [0.1, 0.15) is 18.4 Å². The molecule has 11 heteroatoms. The highest BCUT2D eigenvalue weighted by Crippen LogP contribution is 2.31. The van der Waals surface area contributed by atoms with Gasteiger partial charge in [-0.2, -0.15) is 0 Å². The average Bonchev–Trinajstić information content (AvgIpc) is 2.85. The van der Waals surface area contributed by atoms with Crippen molar-refractivity contribution < 1.29 is 22.4 Å². The molecule has 1 aliphatic carbocycles. The van der Waals surface area contributed by atoms with Crippen LogP contribution in [0.15, 0.2) is 42.5 Å². The van der Waals surface area contributed by atoms with Crippen molar-refractivity contribution in [1.82, 2.24) is 10.2 Å². The van der Waals surface area contributed by atoms with Crippen LogP contribution in [-0.2, 0) is 26.2 Å². The van der Waals surface area contributed by atoms with Gasteiger partial charge in [-0.05, 0) is 55.2 Å². The zero-order valence-corrected chi connectivity index (χ0v) is 23.3. The first kappa shape index (κ1) is 29.2. The minimum atomic E-state index is -3.95. The normalized spacial score (nSPS) is 15.2. The van der Waals surface area contributed by atoms with Crippen molar-refractivity contribution in [2.45, 2.75) is 64.1 Å². The first-order valence-electron chi connectivity index (χ1n) is 12.3. The Bertz CT molecular complexity index is 1200. The molecule has 0 aliphatic heterocycles. The van der Waals surface area contributed by atoms with Gasteiger partial charge in [-0.25, -0.2) is 12.8 Å². The molecule has 0 radical (unpaired) electrons. The van der Waals surface area contributed by atoms with Crippen molar-refractivity contribution in [2.24, 2.45) is 0 Å². The number of rotatable bonds is 10. The third-order valence-electron chi connectivity index (χ3n) is 6.46. The highest BCUT2D eigenvalue weighted by molar-refractivity contribution is 7.92. The lowest BCUT2D eigenvalue weighted by atomic mass is 9.95. The number of sulfonamides is 1. The Kier molecular flexibility index (Phi) is 10.2. The van der Waals surface area contributed by atoms with Gasteiger partial charge < -0.3 is 10.2 Å². The van der Waals surface area contributed by atoms with Crippen molar-refractivity contribution >= 4 is 50.7 Å². The number of carbonyl (C=O) groups excluding carboxylic acids is 2. The van der Waals surface area contributed by atoms with E-state index < -0.39 is 34.3 Å². The Morgan fingerprint density at radius 3 is 2.32 bits per heavy atom. The van der Waals surface area contributed by atoms with E-state index in [0.717, 1.165) is 42.7 Å². The van der Waals surface area contributed by atoms with E-state index >= 15 is 0 Å². The molecule has 0 unspecified atom stereocenters. The van der Waals surface area contributed by atoms with Crippen LogP contribution in [0.2, 0.25) is 10.0 Å². The Balaban J connectivity index is 1.93. The lowest BCUT2D eigenvalue weighted by Gasteiger charge is -2.34. The molecule has 0 spiro atoms. The summed E-state index contributed by atoms with van der Waals surface area (Å²) in [5, 5.41) is 3.43. The van der Waals surface area contributed by atoms with Crippen LogP contribution in [-0.4, -0.2) is 50.0 Å². The molecule has 1 aliphatic rings. The summed E-state index contributed by atoms with van der Waals surface area (Å²) in [4.78, 5) is 28.4. The van der Waals surface area contributed by atoms with E-state index in [1.54, 1.807) is 6.92 Å². The van der Waals surface area contributed by atoms with E-state index in [4.69, 9.17) is 23.2 Å². The summed E-state index contributed by atoms with van der Waals surface area (Å²) in [5.41, 5.74) is 0.664. The van der Waals surface area contributed by atoms with Gasteiger partial charge in [0.2, 0.25) is 21.8 Å². The highest BCUT2D eigenvalue weighted by Gasteiger charge is 2.33. The molecule has 1 N–H and O–H groups in total. The monoisotopic (exact) mass is 571 g/mol. The van der Waals surface area contributed by atoms with E-state index in [1.807, 2.05) is 0 Å². The van der Waals surface area contributed by atoms with Crippen molar-refractivity contribution in [2.75, 3.05) is 17.1 Å². The summed E-state index contributed by atoms with van der Waals surface area (Å²) >= 11 is 12.3. The minimum Gasteiger partial charge on any atom is -0.352 e. The van der Waals surface area contributed by atoms with Crippen LogP contribution in [0, 0.1) is 5.82 Å². The van der Waals surface area contributed by atoms with Crippen molar-refractivity contribution in [1.29, 1.82) is 0 Å². The first-order valence-corrected chi connectivity index (χ1v) is 14.9. The summed E-state index contributed by atoms with van der Waals surface area (Å²) < 4.78 is 39.8. The summed E-state index contributed by atoms with van der Waals surface area (Å²) in [6.45, 7) is 1.20. The predicted octanol–water partition coefficient (Wildman–Crippen LogP) is 5.15. The van der Waals surface area contributed by atoms with Gasteiger partial charge >= 0.3 is 0 Å². The van der Waals surface area contributed by atoms with Gasteiger partial charge in [0.15, 0.2) is 0 Å². The van der Waals surface area contributed by atoms with Gasteiger partial charge in [-0.3, -0.25) is 13.9 Å². The van der Waals surface area contributed by atoms with E-state index in [0.29, 0.717) is 12.0 Å². The molecule has 1 fully saturated rings. The number of hydrogen-bond donors (Lipinski definition) is 1. The Morgan fingerprint density at radius 1 is 1.08 bits per heavy atom. The van der Waals surface area contributed by atoms with Crippen molar-refractivity contribution in [3.63, 3.8) is 0 Å². The fraction of sp³-hybridized carbons (Fsp3) is 0.462. The van der Waals surface area contributed by atoms with Gasteiger partial charge in [0, 0.05) is 17.6 Å². The molecule has 2 amide bonds.